The fraction of sp³-hybridized carbons (Fsp3) is 0. The Morgan fingerprint density at radius 3 is 1.67 bits per heavy atom. The van der Waals surface area contributed by atoms with Crippen molar-refractivity contribution < 1.29 is 0 Å². The monoisotopic (exact) mass is 312 g/mol. The third kappa shape index (κ3) is 2.65. The lowest BCUT2D eigenvalue weighted by atomic mass is 10.1. The molecule has 0 spiro atoms. The van der Waals surface area contributed by atoms with Gasteiger partial charge in [-0.3, -0.25) is 4.57 Å². The van der Waals surface area contributed by atoms with E-state index in [-0.39, 0.29) is 0 Å². The van der Waals surface area contributed by atoms with Gasteiger partial charge in [0.1, 0.15) is 12.7 Å². The Morgan fingerprint density at radius 2 is 1.08 bits per heavy atom. The first-order valence-electron chi connectivity index (χ1n) is 7.78. The van der Waals surface area contributed by atoms with Crippen molar-refractivity contribution in [2.75, 3.05) is 4.90 Å². The molecule has 0 saturated carbocycles. The molecule has 0 radical (unpaired) electrons. The van der Waals surface area contributed by atoms with E-state index in [0.29, 0.717) is 0 Å². The largest absolute Gasteiger partial charge is 0.308 e. The number of para-hydroxylation sites is 4. The zero-order valence-electron chi connectivity index (χ0n) is 13.0. The normalized spacial score (nSPS) is 10.5. The number of aromatic nitrogens is 3. The van der Waals surface area contributed by atoms with E-state index < -0.39 is 0 Å². The predicted octanol–water partition coefficient (Wildman–Crippen LogP) is 4.74. The summed E-state index contributed by atoms with van der Waals surface area (Å²) in [4.78, 5) is 2.23. The molecule has 0 aliphatic carbocycles. The van der Waals surface area contributed by atoms with Gasteiger partial charge in [0.25, 0.3) is 0 Å². The van der Waals surface area contributed by atoms with Crippen molar-refractivity contribution in [1.82, 2.24) is 14.8 Å². The molecule has 4 heteroatoms. The third-order valence-electron chi connectivity index (χ3n) is 3.85. The van der Waals surface area contributed by atoms with Crippen LogP contribution >= 0.6 is 0 Å². The first-order chi connectivity index (χ1) is 11.9. The summed E-state index contributed by atoms with van der Waals surface area (Å²) in [5.74, 6) is 0. The molecule has 0 aliphatic heterocycles. The molecule has 0 unspecified atom stereocenters. The lowest BCUT2D eigenvalue weighted by Gasteiger charge is -2.27. The standard InChI is InChI=1S/C20H16N4/c1-3-9-17(10-4-1)24(18-11-5-2-6-12-18)20-14-8-7-13-19(20)23-15-21-22-16-23/h1-16H. The lowest BCUT2D eigenvalue weighted by molar-refractivity contribution is 1.05. The van der Waals surface area contributed by atoms with Crippen LogP contribution in [0.2, 0.25) is 0 Å². The minimum absolute atomic E-state index is 1.02. The first kappa shape index (κ1) is 14.2. The highest BCUT2D eigenvalue weighted by Gasteiger charge is 2.16. The number of hydrogen-bond acceptors (Lipinski definition) is 3. The maximum absolute atomic E-state index is 3.94. The van der Waals surface area contributed by atoms with Gasteiger partial charge in [0.2, 0.25) is 0 Å². The van der Waals surface area contributed by atoms with Crippen LogP contribution in [-0.2, 0) is 0 Å². The summed E-state index contributed by atoms with van der Waals surface area (Å²) in [5, 5.41) is 7.88. The summed E-state index contributed by atoms with van der Waals surface area (Å²) < 4.78 is 1.92. The van der Waals surface area contributed by atoms with Gasteiger partial charge in [-0.15, -0.1) is 10.2 Å². The Labute approximate surface area is 140 Å². The van der Waals surface area contributed by atoms with Crippen molar-refractivity contribution in [3.05, 3.63) is 97.6 Å². The minimum Gasteiger partial charge on any atom is -0.308 e. The molecular formula is C20H16N4. The van der Waals surface area contributed by atoms with Crippen molar-refractivity contribution in [3.8, 4) is 5.69 Å². The zero-order chi connectivity index (χ0) is 16.2. The van der Waals surface area contributed by atoms with E-state index in [1.54, 1.807) is 12.7 Å². The van der Waals surface area contributed by atoms with Crippen LogP contribution in [0.3, 0.4) is 0 Å². The maximum atomic E-state index is 3.94. The summed E-state index contributed by atoms with van der Waals surface area (Å²) in [5.41, 5.74) is 4.29. The second-order valence-electron chi connectivity index (χ2n) is 5.36. The first-order valence-corrected chi connectivity index (χ1v) is 7.78. The molecule has 3 aromatic carbocycles. The van der Waals surface area contributed by atoms with Gasteiger partial charge in [0.05, 0.1) is 11.4 Å². The van der Waals surface area contributed by atoms with E-state index in [4.69, 9.17) is 0 Å². The van der Waals surface area contributed by atoms with Crippen molar-refractivity contribution in [1.29, 1.82) is 0 Å². The van der Waals surface area contributed by atoms with Crippen LogP contribution in [-0.4, -0.2) is 14.8 Å². The molecule has 1 heterocycles. The second kappa shape index (κ2) is 6.38. The van der Waals surface area contributed by atoms with Crippen LogP contribution < -0.4 is 4.90 Å². The van der Waals surface area contributed by atoms with Crippen LogP contribution in [0.5, 0.6) is 0 Å². The Bertz CT molecular complexity index is 863. The Balaban J connectivity index is 1.93. The molecule has 1 aromatic heterocycles. The highest BCUT2D eigenvalue weighted by molar-refractivity contribution is 5.81. The van der Waals surface area contributed by atoms with Gasteiger partial charge in [0.15, 0.2) is 0 Å². The van der Waals surface area contributed by atoms with Gasteiger partial charge >= 0.3 is 0 Å². The number of benzene rings is 3. The van der Waals surface area contributed by atoms with Crippen LogP contribution in [0.1, 0.15) is 0 Å². The second-order valence-corrected chi connectivity index (χ2v) is 5.36. The van der Waals surface area contributed by atoms with E-state index in [9.17, 15) is 0 Å². The Hall–Kier alpha value is -3.40. The predicted molar refractivity (Wildman–Crippen MR) is 96.0 cm³/mol. The summed E-state index contributed by atoms with van der Waals surface area (Å²) in [6, 6.07) is 28.9. The summed E-state index contributed by atoms with van der Waals surface area (Å²) in [6.45, 7) is 0. The summed E-state index contributed by atoms with van der Waals surface area (Å²) in [6.07, 6.45) is 3.43. The molecule has 0 amide bonds. The van der Waals surface area contributed by atoms with E-state index in [0.717, 1.165) is 22.7 Å². The van der Waals surface area contributed by atoms with Gasteiger partial charge in [-0.1, -0.05) is 48.5 Å². The fourth-order valence-corrected chi connectivity index (χ4v) is 2.78. The molecule has 0 saturated heterocycles. The lowest BCUT2D eigenvalue weighted by Crippen LogP contribution is -2.12. The van der Waals surface area contributed by atoms with E-state index in [1.807, 2.05) is 53.1 Å². The smallest absolute Gasteiger partial charge is 0.123 e. The van der Waals surface area contributed by atoms with Gasteiger partial charge in [-0.05, 0) is 36.4 Å². The van der Waals surface area contributed by atoms with Gasteiger partial charge in [-0.2, -0.15) is 0 Å². The number of anilines is 3. The van der Waals surface area contributed by atoms with E-state index in [1.165, 1.54) is 0 Å². The minimum atomic E-state index is 1.02. The molecular weight excluding hydrogens is 296 g/mol. The maximum Gasteiger partial charge on any atom is 0.123 e. The molecule has 4 aromatic rings. The Kier molecular flexibility index (Phi) is 3.78. The van der Waals surface area contributed by atoms with Crippen LogP contribution in [0.4, 0.5) is 17.1 Å². The van der Waals surface area contributed by atoms with Crippen LogP contribution in [0.15, 0.2) is 97.6 Å². The molecule has 0 fully saturated rings. The molecule has 4 nitrogen and oxygen atoms in total. The number of hydrogen-bond donors (Lipinski definition) is 0. The van der Waals surface area contributed by atoms with Crippen molar-refractivity contribution in [2.45, 2.75) is 0 Å². The van der Waals surface area contributed by atoms with Crippen molar-refractivity contribution >= 4 is 17.1 Å². The molecule has 0 bridgehead atoms. The van der Waals surface area contributed by atoms with Crippen molar-refractivity contribution in [2.24, 2.45) is 0 Å². The average Bonchev–Trinajstić information content (AvgIpc) is 3.19. The van der Waals surface area contributed by atoms with Gasteiger partial charge < -0.3 is 4.90 Å². The van der Waals surface area contributed by atoms with Gasteiger partial charge in [0, 0.05) is 11.4 Å². The topological polar surface area (TPSA) is 34.0 Å². The van der Waals surface area contributed by atoms with Gasteiger partial charge in [-0.25, -0.2) is 0 Å². The van der Waals surface area contributed by atoms with Crippen LogP contribution in [0, 0.1) is 0 Å². The molecule has 116 valence electrons. The number of nitrogens with zero attached hydrogens (tertiary/aromatic N) is 4. The average molecular weight is 312 g/mol. The summed E-state index contributed by atoms with van der Waals surface area (Å²) in [7, 11) is 0. The highest BCUT2D eigenvalue weighted by Crippen LogP contribution is 2.37. The third-order valence-corrected chi connectivity index (χ3v) is 3.85. The molecule has 4 rings (SSSR count). The SMILES string of the molecule is c1ccc(N(c2ccccc2)c2ccccc2-n2cnnc2)cc1. The summed E-state index contributed by atoms with van der Waals surface area (Å²) >= 11 is 0. The molecule has 0 atom stereocenters. The molecule has 0 N–H and O–H groups in total. The van der Waals surface area contributed by atoms with Crippen molar-refractivity contribution in [3.63, 3.8) is 0 Å². The quantitative estimate of drug-likeness (QED) is 0.546. The molecule has 24 heavy (non-hydrogen) atoms. The number of rotatable bonds is 4. The highest BCUT2D eigenvalue weighted by atomic mass is 15.2. The van der Waals surface area contributed by atoms with E-state index >= 15 is 0 Å². The fourth-order valence-electron chi connectivity index (χ4n) is 2.78. The molecule has 0 aliphatic rings. The zero-order valence-corrected chi connectivity index (χ0v) is 13.0. The Morgan fingerprint density at radius 1 is 0.583 bits per heavy atom. The van der Waals surface area contributed by atoms with Crippen LogP contribution in [0.25, 0.3) is 5.69 Å². The van der Waals surface area contributed by atoms with E-state index in [2.05, 4.69) is 51.5 Å².